The van der Waals surface area contributed by atoms with Gasteiger partial charge in [-0.15, -0.1) is 0 Å². The molecule has 1 aliphatic rings. The van der Waals surface area contributed by atoms with Crippen LogP contribution in [0.5, 0.6) is 0 Å². The first-order chi connectivity index (χ1) is 12.5. The number of H-pyrrole nitrogens is 1. The predicted octanol–water partition coefficient (Wildman–Crippen LogP) is 1.02. The van der Waals surface area contributed by atoms with Crippen LogP contribution in [0.25, 0.3) is 5.69 Å². The van der Waals surface area contributed by atoms with Gasteiger partial charge in [0.05, 0.1) is 5.69 Å². The summed E-state index contributed by atoms with van der Waals surface area (Å²) >= 11 is 5.76. The second kappa shape index (κ2) is 5.98. The highest BCUT2D eigenvalue weighted by Gasteiger charge is 2.68. The molecule has 2 amide bonds. The summed E-state index contributed by atoms with van der Waals surface area (Å²) in [7, 11) is 0. The Morgan fingerprint density at radius 3 is 2.30 bits per heavy atom. The Hall–Kier alpha value is -3.08. The number of benzene rings is 1. The van der Waals surface area contributed by atoms with E-state index in [-0.39, 0.29) is 5.69 Å². The Labute approximate surface area is 153 Å². The van der Waals surface area contributed by atoms with E-state index in [1.165, 1.54) is 29.6 Å². The molecule has 0 fully saturated rings. The first-order valence-electron chi connectivity index (χ1n) is 7.31. The molecular formula is C15H10ClF3N4O4. The number of anilines is 1. The quantitative estimate of drug-likeness (QED) is 0.696. The molecule has 1 aromatic carbocycles. The Morgan fingerprint density at radius 2 is 1.78 bits per heavy atom. The standard InChI is InChI=1S/C15H10ClF3N4O4/c1-6(24)22-14(15(17,18)19)9-10(20-12(14)26)23(13(27)21-11(9)25)8-4-2-7(16)3-5-8/h2-5H,1H3,(H,20,26)(H,22,24)(H,21,25,27)/t14-/m0/s1. The molecule has 2 heterocycles. The van der Waals surface area contributed by atoms with E-state index in [0.717, 1.165) is 6.92 Å². The van der Waals surface area contributed by atoms with Gasteiger partial charge in [0, 0.05) is 11.9 Å². The SMILES string of the molecule is CC(=O)N[C@]1(C(F)(F)F)C(=O)Nc2c1c(=O)[nH]c(=O)n2-c1ccc(Cl)cc1. The third-order valence-corrected chi connectivity index (χ3v) is 4.18. The smallest absolute Gasteiger partial charge is 0.331 e. The molecule has 3 N–H and O–H groups in total. The maximum atomic E-state index is 13.8. The van der Waals surface area contributed by atoms with Crippen molar-refractivity contribution in [3.05, 3.63) is 55.7 Å². The van der Waals surface area contributed by atoms with Crippen molar-refractivity contribution in [3.63, 3.8) is 0 Å². The largest absolute Gasteiger partial charge is 0.425 e. The molecule has 0 radical (unpaired) electrons. The van der Waals surface area contributed by atoms with Crippen molar-refractivity contribution in [3.8, 4) is 5.69 Å². The molecular weight excluding hydrogens is 393 g/mol. The second-order valence-corrected chi connectivity index (χ2v) is 6.11. The number of alkyl halides is 3. The molecule has 0 saturated heterocycles. The lowest BCUT2D eigenvalue weighted by Crippen LogP contribution is -2.61. The van der Waals surface area contributed by atoms with Crippen molar-refractivity contribution in [2.45, 2.75) is 18.6 Å². The van der Waals surface area contributed by atoms with E-state index >= 15 is 0 Å². The molecule has 27 heavy (non-hydrogen) atoms. The molecule has 3 rings (SSSR count). The minimum Gasteiger partial charge on any atom is -0.331 e. The third-order valence-electron chi connectivity index (χ3n) is 3.93. The number of nitrogens with zero attached hydrogens (tertiary/aromatic N) is 1. The van der Waals surface area contributed by atoms with Crippen LogP contribution in [0.15, 0.2) is 33.9 Å². The van der Waals surface area contributed by atoms with Gasteiger partial charge in [0.25, 0.3) is 11.5 Å². The summed E-state index contributed by atoms with van der Waals surface area (Å²) in [6.45, 7) is 0.766. The monoisotopic (exact) mass is 402 g/mol. The average molecular weight is 403 g/mol. The molecule has 0 aliphatic carbocycles. The van der Waals surface area contributed by atoms with Gasteiger partial charge in [-0.25, -0.2) is 9.36 Å². The van der Waals surface area contributed by atoms with Crippen LogP contribution in [0.1, 0.15) is 12.5 Å². The number of halogens is 4. The van der Waals surface area contributed by atoms with Gasteiger partial charge in [0.2, 0.25) is 11.4 Å². The molecule has 8 nitrogen and oxygen atoms in total. The summed E-state index contributed by atoms with van der Waals surface area (Å²) in [5.74, 6) is -3.60. The number of hydrogen-bond donors (Lipinski definition) is 3. The molecule has 142 valence electrons. The maximum Gasteiger partial charge on any atom is 0.425 e. The lowest BCUT2D eigenvalue weighted by molar-refractivity contribution is -0.200. The minimum absolute atomic E-state index is 0.0398. The highest BCUT2D eigenvalue weighted by atomic mass is 35.5. The minimum atomic E-state index is -5.36. The van der Waals surface area contributed by atoms with E-state index < -0.39 is 46.2 Å². The molecule has 0 saturated carbocycles. The molecule has 1 aromatic heterocycles. The van der Waals surface area contributed by atoms with E-state index in [9.17, 15) is 32.3 Å². The third kappa shape index (κ3) is 2.70. The lowest BCUT2D eigenvalue weighted by atomic mass is 9.92. The van der Waals surface area contributed by atoms with Crippen LogP contribution in [0.2, 0.25) is 5.02 Å². The van der Waals surface area contributed by atoms with Crippen LogP contribution in [0.4, 0.5) is 19.0 Å². The van der Waals surface area contributed by atoms with Crippen LogP contribution in [-0.4, -0.2) is 27.5 Å². The van der Waals surface area contributed by atoms with Crippen LogP contribution >= 0.6 is 11.6 Å². The highest BCUT2D eigenvalue weighted by Crippen LogP contribution is 2.45. The summed E-state index contributed by atoms with van der Waals surface area (Å²) < 4.78 is 42.2. The fourth-order valence-corrected chi connectivity index (χ4v) is 3.00. The van der Waals surface area contributed by atoms with Gasteiger partial charge >= 0.3 is 11.9 Å². The van der Waals surface area contributed by atoms with Gasteiger partial charge in [-0.2, -0.15) is 13.2 Å². The maximum absolute atomic E-state index is 13.8. The fourth-order valence-electron chi connectivity index (χ4n) is 2.88. The topological polar surface area (TPSA) is 113 Å². The number of fused-ring (bicyclic) bond motifs is 1. The number of carbonyl (C=O) groups is 2. The van der Waals surface area contributed by atoms with Gasteiger partial charge in [-0.1, -0.05) is 11.6 Å². The molecule has 1 atom stereocenters. The molecule has 2 aromatic rings. The van der Waals surface area contributed by atoms with Gasteiger partial charge in [-0.05, 0) is 24.3 Å². The van der Waals surface area contributed by atoms with Gasteiger partial charge in [0.1, 0.15) is 11.4 Å². The van der Waals surface area contributed by atoms with E-state index in [2.05, 4.69) is 0 Å². The normalized spacial score (nSPS) is 18.8. The number of nitrogens with one attached hydrogen (secondary N) is 3. The zero-order valence-electron chi connectivity index (χ0n) is 13.4. The number of rotatable bonds is 2. The predicted molar refractivity (Wildman–Crippen MR) is 87.8 cm³/mol. The van der Waals surface area contributed by atoms with Crippen molar-refractivity contribution < 1.29 is 22.8 Å². The summed E-state index contributed by atoms with van der Waals surface area (Å²) in [6.07, 6.45) is -5.36. The van der Waals surface area contributed by atoms with Crippen molar-refractivity contribution in [2.24, 2.45) is 0 Å². The van der Waals surface area contributed by atoms with Crippen LogP contribution in [0, 0.1) is 0 Å². The van der Waals surface area contributed by atoms with E-state index in [0.29, 0.717) is 9.59 Å². The average Bonchev–Trinajstić information content (AvgIpc) is 2.82. The molecule has 1 aliphatic heterocycles. The van der Waals surface area contributed by atoms with E-state index in [4.69, 9.17) is 11.6 Å². The summed E-state index contributed by atoms with van der Waals surface area (Å²) in [4.78, 5) is 49.9. The Bertz CT molecular complexity index is 1070. The van der Waals surface area contributed by atoms with Gasteiger partial charge < -0.3 is 10.6 Å². The van der Waals surface area contributed by atoms with Crippen molar-refractivity contribution >= 4 is 29.2 Å². The van der Waals surface area contributed by atoms with Crippen molar-refractivity contribution in [1.82, 2.24) is 14.9 Å². The number of carbonyl (C=O) groups excluding carboxylic acids is 2. The zero-order valence-corrected chi connectivity index (χ0v) is 14.2. The van der Waals surface area contributed by atoms with Gasteiger partial charge in [0.15, 0.2) is 0 Å². The molecule has 0 spiro atoms. The number of hydrogen-bond acceptors (Lipinski definition) is 4. The molecule has 0 unspecified atom stereocenters. The number of aromatic nitrogens is 2. The van der Waals surface area contributed by atoms with Crippen LogP contribution in [0.3, 0.4) is 0 Å². The van der Waals surface area contributed by atoms with Gasteiger partial charge in [-0.3, -0.25) is 19.4 Å². The first-order valence-corrected chi connectivity index (χ1v) is 7.69. The van der Waals surface area contributed by atoms with Crippen LogP contribution in [-0.2, 0) is 15.1 Å². The van der Waals surface area contributed by atoms with E-state index in [1.807, 2.05) is 5.32 Å². The van der Waals surface area contributed by atoms with Crippen molar-refractivity contribution in [2.75, 3.05) is 5.32 Å². The Kier molecular flexibility index (Phi) is 4.14. The number of amides is 2. The summed E-state index contributed by atoms with van der Waals surface area (Å²) in [5.41, 5.74) is -7.27. The summed E-state index contributed by atoms with van der Waals surface area (Å²) in [6, 6.07) is 5.34. The van der Waals surface area contributed by atoms with E-state index in [1.54, 1.807) is 4.98 Å². The number of aromatic amines is 1. The van der Waals surface area contributed by atoms with Crippen LogP contribution < -0.4 is 21.9 Å². The Balaban J connectivity index is 2.42. The van der Waals surface area contributed by atoms with Crippen molar-refractivity contribution in [1.29, 1.82) is 0 Å². The lowest BCUT2D eigenvalue weighted by Gasteiger charge is -2.29. The summed E-state index contributed by atoms with van der Waals surface area (Å²) in [5, 5.41) is 3.71. The Morgan fingerprint density at radius 1 is 1.19 bits per heavy atom. The molecule has 0 bridgehead atoms. The fraction of sp³-hybridized carbons (Fsp3) is 0.200. The first kappa shape index (κ1) is 18.7. The molecule has 12 heteroatoms. The highest BCUT2D eigenvalue weighted by molar-refractivity contribution is 6.30. The second-order valence-electron chi connectivity index (χ2n) is 5.68. The zero-order chi connectivity index (χ0) is 20.1.